The quantitative estimate of drug-likeness (QED) is 0.157. The number of hydrogen-bond acceptors (Lipinski definition) is 9. The van der Waals surface area contributed by atoms with E-state index in [2.05, 4.69) is 30.3 Å². The number of hydrogen-bond donors (Lipinski definition) is 4. The van der Waals surface area contributed by atoms with Gasteiger partial charge < -0.3 is 25.8 Å². The average Bonchev–Trinajstić information content (AvgIpc) is 3.85. The monoisotopic (exact) mass is 628 g/mol. The highest BCUT2D eigenvalue weighted by Gasteiger charge is 2.51. The zero-order valence-corrected chi connectivity index (χ0v) is 26.1. The number of aromatic nitrogens is 2. The van der Waals surface area contributed by atoms with E-state index in [0.717, 1.165) is 24.0 Å². The van der Waals surface area contributed by atoms with Crippen LogP contribution >= 0.6 is 0 Å². The molecular formula is C33H36N6O5S. The molecule has 1 aromatic heterocycles. The number of amides is 2. The Morgan fingerprint density at radius 1 is 1.02 bits per heavy atom. The fourth-order valence-electron chi connectivity index (χ4n) is 4.82. The molecule has 0 bridgehead atoms. The van der Waals surface area contributed by atoms with E-state index >= 15 is 0 Å². The average molecular weight is 629 g/mol. The van der Waals surface area contributed by atoms with Crippen LogP contribution in [-0.2, 0) is 24.7 Å². The maximum absolute atomic E-state index is 13.2. The van der Waals surface area contributed by atoms with Crippen molar-refractivity contribution in [1.29, 1.82) is 0 Å². The number of carbonyl (C=O) groups excluding carboxylic acids is 2. The first-order valence-electron chi connectivity index (χ1n) is 14.6. The molecule has 3 aromatic carbocycles. The molecule has 0 aliphatic heterocycles. The number of aliphatic hydroxyl groups excluding tert-OH is 1. The van der Waals surface area contributed by atoms with Crippen molar-refractivity contribution < 1.29 is 23.6 Å². The zero-order valence-electron chi connectivity index (χ0n) is 25.3. The van der Waals surface area contributed by atoms with Gasteiger partial charge in [0.25, 0.3) is 0 Å². The molecule has 4 aromatic rings. The lowest BCUT2D eigenvalue weighted by molar-refractivity contribution is -0.118. The van der Waals surface area contributed by atoms with Gasteiger partial charge in [0.2, 0.25) is 11.9 Å². The fraction of sp³-hybridized carbons (Fsp3) is 0.273. The third-order valence-electron chi connectivity index (χ3n) is 7.47. The summed E-state index contributed by atoms with van der Waals surface area (Å²) in [6, 6.07) is 23.7. The number of benzene rings is 3. The summed E-state index contributed by atoms with van der Waals surface area (Å²) in [7, 11) is -2.97. The summed E-state index contributed by atoms with van der Waals surface area (Å²) in [5.41, 5.74) is 3.42. The molecule has 12 heteroatoms. The maximum atomic E-state index is 13.2. The van der Waals surface area contributed by atoms with Gasteiger partial charge in [-0.15, -0.1) is 4.36 Å². The maximum Gasteiger partial charge on any atom is 0.442 e. The Balaban J connectivity index is 1.33. The normalized spacial score (nSPS) is 15.2. The van der Waals surface area contributed by atoms with Gasteiger partial charge in [-0.3, -0.25) is 4.79 Å². The van der Waals surface area contributed by atoms with Crippen molar-refractivity contribution in [2.45, 2.75) is 43.0 Å². The summed E-state index contributed by atoms with van der Waals surface area (Å²) in [4.78, 5) is 34.4. The van der Waals surface area contributed by atoms with Crippen LogP contribution in [0.2, 0.25) is 0 Å². The van der Waals surface area contributed by atoms with E-state index in [-0.39, 0.29) is 25.2 Å². The Morgan fingerprint density at radius 2 is 1.69 bits per heavy atom. The Morgan fingerprint density at radius 3 is 2.31 bits per heavy atom. The van der Waals surface area contributed by atoms with Gasteiger partial charge in [-0.2, -0.15) is 4.98 Å². The van der Waals surface area contributed by atoms with Crippen molar-refractivity contribution in [3.05, 3.63) is 90.6 Å². The smallest absolute Gasteiger partial charge is 0.442 e. The molecule has 234 valence electrons. The Hall–Kier alpha value is -4.81. The van der Waals surface area contributed by atoms with E-state index < -0.39 is 21.2 Å². The SMILES string of the molecule is CCOC(=O)N=S(C)(=O)c1ccc(Nc2ncc(-c3ccc(NC(=O)C4(c5ccccc5)CC4)cc3)c(N[C@H](C)CO)n2)cc1. The number of anilines is 4. The van der Waals surface area contributed by atoms with Crippen molar-refractivity contribution in [2.24, 2.45) is 4.36 Å². The van der Waals surface area contributed by atoms with Crippen LogP contribution in [0.5, 0.6) is 0 Å². The van der Waals surface area contributed by atoms with Gasteiger partial charge in [-0.25, -0.2) is 14.0 Å². The molecule has 2 amide bonds. The molecule has 0 spiro atoms. The minimum absolute atomic E-state index is 0.0120. The Bertz CT molecular complexity index is 1790. The molecule has 1 aliphatic carbocycles. The van der Waals surface area contributed by atoms with E-state index in [4.69, 9.17) is 4.74 Å². The summed E-state index contributed by atoms with van der Waals surface area (Å²) < 4.78 is 21.4. The lowest BCUT2D eigenvalue weighted by atomic mass is 9.95. The number of ether oxygens (including phenoxy) is 1. The first-order chi connectivity index (χ1) is 21.6. The van der Waals surface area contributed by atoms with Crippen molar-refractivity contribution in [2.75, 3.05) is 35.4 Å². The van der Waals surface area contributed by atoms with Crippen molar-refractivity contribution in [3.63, 3.8) is 0 Å². The predicted octanol–water partition coefficient (Wildman–Crippen LogP) is 5.96. The lowest BCUT2D eigenvalue weighted by Crippen LogP contribution is -2.27. The van der Waals surface area contributed by atoms with Crippen LogP contribution in [0, 0.1) is 0 Å². The number of nitrogens with zero attached hydrogens (tertiary/aromatic N) is 3. The van der Waals surface area contributed by atoms with Crippen LogP contribution in [0.15, 0.2) is 94.3 Å². The predicted molar refractivity (Wildman–Crippen MR) is 175 cm³/mol. The molecular weight excluding hydrogens is 592 g/mol. The van der Waals surface area contributed by atoms with Gasteiger partial charge >= 0.3 is 6.09 Å². The van der Waals surface area contributed by atoms with E-state index in [1.54, 1.807) is 37.4 Å². The first-order valence-corrected chi connectivity index (χ1v) is 16.5. The van der Waals surface area contributed by atoms with Crippen molar-refractivity contribution >= 4 is 44.9 Å². The Kier molecular flexibility index (Phi) is 9.45. The molecule has 1 unspecified atom stereocenters. The van der Waals surface area contributed by atoms with E-state index in [1.165, 1.54) is 6.26 Å². The molecule has 0 radical (unpaired) electrons. The largest absolute Gasteiger partial charge is 0.448 e. The number of carbonyl (C=O) groups is 2. The second-order valence-electron chi connectivity index (χ2n) is 10.9. The fourth-order valence-corrected chi connectivity index (χ4v) is 5.90. The third kappa shape index (κ3) is 7.47. The number of aliphatic hydroxyl groups is 1. The summed E-state index contributed by atoms with van der Waals surface area (Å²) in [6.45, 7) is 3.53. The zero-order chi connectivity index (χ0) is 32.0. The van der Waals surface area contributed by atoms with Crippen LogP contribution in [-0.4, -0.2) is 56.8 Å². The highest BCUT2D eigenvalue weighted by Crippen LogP contribution is 2.49. The molecule has 4 N–H and O–H groups in total. The summed E-state index contributed by atoms with van der Waals surface area (Å²) in [5.74, 6) is 0.794. The molecule has 11 nitrogen and oxygen atoms in total. The van der Waals surface area contributed by atoms with Crippen LogP contribution in [0.1, 0.15) is 32.3 Å². The van der Waals surface area contributed by atoms with Gasteiger partial charge in [0.15, 0.2) is 0 Å². The van der Waals surface area contributed by atoms with Gasteiger partial charge in [-0.05, 0) is 74.2 Å². The van der Waals surface area contributed by atoms with Gasteiger partial charge in [-0.1, -0.05) is 42.5 Å². The summed E-state index contributed by atoms with van der Waals surface area (Å²) in [5, 5.41) is 19.1. The molecule has 1 heterocycles. The van der Waals surface area contributed by atoms with E-state index in [0.29, 0.717) is 33.6 Å². The van der Waals surface area contributed by atoms with Gasteiger partial charge in [0.05, 0.1) is 28.4 Å². The van der Waals surface area contributed by atoms with Gasteiger partial charge in [0.1, 0.15) is 5.82 Å². The summed E-state index contributed by atoms with van der Waals surface area (Å²) in [6.07, 6.45) is 3.83. The second-order valence-corrected chi connectivity index (χ2v) is 13.2. The van der Waals surface area contributed by atoms with Crippen molar-refractivity contribution in [3.8, 4) is 11.1 Å². The molecule has 5 rings (SSSR count). The molecule has 45 heavy (non-hydrogen) atoms. The minimum Gasteiger partial charge on any atom is -0.448 e. The van der Waals surface area contributed by atoms with Crippen molar-refractivity contribution in [1.82, 2.24) is 9.97 Å². The standard InChI is InChI=1S/C33H36N6O5S/c1-4-44-32(42)39-45(3,43)27-16-14-26(15-17-27)37-31-34-20-28(29(38-31)35-22(2)21-40)23-10-12-25(13-11-23)36-30(41)33(18-19-33)24-8-6-5-7-9-24/h5-17,20,22,40H,4,18-19,21H2,1-3H3,(H,36,41)(H2,34,35,37,38)/t22-,45?/m1/s1. The molecule has 2 atom stereocenters. The first kappa shape index (κ1) is 31.6. The second kappa shape index (κ2) is 13.4. The van der Waals surface area contributed by atoms with Crippen LogP contribution in [0.3, 0.4) is 0 Å². The molecule has 1 aliphatic rings. The minimum atomic E-state index is -2.97. The number of rotatable bonds is 11. The summed E-state index contributed by atoms with van der Waals surface area (Å²) >= 11 is 0. The van der Waals surface area contributed by atoms with Crippen LogP contribution in [0.25, 0.3) is 11.1 Å². The highest BCUT2D eigenvalue weighted by molar-refractivity contribution is 7.93. The molecule has 1 fully saturated rings. The Labute approximate surface area is 262 Å². The van der Waals surface area contributed by atoms with Gasteiger partial charge in [0, 0.05) is 40.3 Å². The molecule has 0 saturated heterocycles. The highest BCUT2D eigenvalue weighted by atomic mass is 32.2. The lowest BCUT2D eigenvalue weighted by Gasteiger charge is -2.18. The third-order valence-corrected chi connectivity index (χ3v) is 9.12. The van der Waals surface area contributed by atoms with Crippen LogP contribution in [0.4, 0.5) is 27.9 Å². The van der Waals surface area contributed by atoms with E-state index in [9.17, 15) is 18.9 Å². The topological polar surface area (TPSA) is 155 Å². The number of nitrogens with one attached hydrogen (secondary N) is 3. The molecule has 1 saturated carbocycles. The van der Waals surface area contributed by atoms with E-state index in [1.807, 2.05) is 61.5 Å². The van der Waals surface area contributed by atoms with Crippen LogP contribution < -0.4 is 16.0 Å².